The second-order valence-corrected chi connectivity index (χ2v) is 5.47. The van der Waals surface area contributed by atoms with Crippen LogP contribution in [0.5, 0.6) is 0 Å². The van der Waals surface area contributed by atoms with E-state index in [4.69, 9.17) is 0 Å². The molecule has 0 saturated carbocycles. The first-order valence-corrected chi connectivity index (χ1v) is 5.35. The third-order valence-corrected chi connectivity index (χ3v) is 2.66. The monoisotopic (exact) mass is 198 g/mol. The van der Waals surface area contributed by atoms with Crippen LogP contribution in [0.25, 0.3) is 0 Å². The molecule has 1 aliphatic heterocycles. The molecule has 1 saturated heterocycles. The molecule has 3 nitrogen and oxygen atoms in total. The molecular weight excluding hydrogens is 176 g/mol. The zero-order valence-electron chi connectivity index (χ0n) is 9.92. The molecule has 1 fully saturated rings. The Morgan fingerprint density at radius 3 is 2.21 bits per heavy atom. The molecule has 3 heteroatoms. The van der Waals surface area contributed by atoms with Gasteiger partial charge < -0.3 is 5.32 Å². The van der Waals surface area contributed by atoms with Crippen molar-refractivity contribution in [3.8, 4) is 0 Å². The molecular formula is C11H22N2O. The van der Waals surface area contributed by atoms with Crippen molar-refractivity contribution in [2.75, 3.05) is 13.1 Å². The molecule has 0 unspecified atom stereocenters. The van der Waals surface area contributed by atoms with Crippen LogP contribution in [0.1, 0.15) is 34.6 Å². The lowest BCUT2D eigenvalue weighted by molar-refractivity contribution is -0.130. The fourth-order valence-electron chi connectivity index (χ4n) is 1.43. The molecule has 14 heavy (non-hydrogen) atoms. The van der Waals surface area contributed by atoms with Crippen molar-refractivity contribution in [2.45, 2.75) is 46.7 Å². The van der Waals surface area contributed by atoms with E-state index in [2.05, 4.69) is 24.1 Å². The molecule has 0 spiro atoms. The van der Waals surface area contributed by atoms with Crippen LogP contribution in [0.2, 0.25) is 0 Å². The molecule has 82 valence electrons. The number of nitrogens with one attached hydrogen (secondary N) is 1. The highest BCUT2D eigenvalue weighted by molar-refractivity contribution is 5.81. The maximum absolute atomic E-state index is 11.6. The second-order valence-electron chi connectivity index (χ2n) is 5.47. The summed E-state index contributed by atoms with van der Waals surface area (Å²) < 4.78 is 0. The first-order chi connectivity index (χ1) is 6.30. The van der Waals surface area contributed by atoms with Crippen molar-refractivity contribution in [3.63, 3.8) is 0 Å². The van der Waals surface area contributed by atoms with Crippen LogP contribution in [0, 0.1) is 5.41 Å². The third kappa shape index (κ3) is 2.71. The van der Waals surface area contributed by atoms with Crippen molar-refractivity contribution < 1.29 is 4.79 Å². The lowest BCUT2D eigenvalue weighted by atomic mass is 9.94. The number of carbonyl (C=O) groups is 1. The number of amides is 1. The van der Waals surface area contributed by atoms with Gasteiger partial charge in [-0.2, -0.15) is 0 Å². The van der Waals surface area contributed by atoms with Gasteiger partial charge in [-0.3, -0.25) is 9.69 Å². The lowest BCUT2D eigenvalue weighted by Crippen LogP contribution is -2.62. The topological polar surface area (TPSA) is 32.3 Å². The minimum Gasteiger partial charge on any atom is -0.350 e. The van der Waals surface area contributed by atoms with E-state index in [1.807, 2.05) is 20.8 Å². The number of likely N-dealkylation sites (tertiary alicyclic amines) is 1. The summed E-state index contributed by atoms with van der Waals surface area (Å²) >= 11 is 0. The minimum atomic E-state index is -0.266. The Kier molecular flexibility index (Phi) is 3.20. The molecule has 1 heterocycles. The maximum atomic E-state index is 11.6. The van der Waals surface area contributed by atoms with Gasteiger partial charge >= 0.3 is 0 Å². The summed E-state index contributed by atoms with van der Waals surface area (Å²) in [5, 5.41) is 3.06. The highest BCUT2D eigenvalue weighted by Gasteiger charge is 2.32. The molecule has 0 radical (unpaired) electrons. The summed E-state index contributed by atoms with van der Waals surface area (Å²) in [5.41, 5.74) is -0.266. The Morgan fingerprint density at radius 1 is 1.36 bits per heavy atom. The van der Waals surface area contributed by atoms with E-state index >= 15 is 0 Å². The number of hydrogen-bond donors (Lipinski definition) is 1. The number of carbonyl (C=O) groups excluding carboxylic acids is 1. The smallest absolute Gasteiger partial charge is 0.225 e. The zero-order valence-corrected chi connectivity index (χ0v) is 9.92. The third-order valence-electron chi connectivity index (χ3n) is 2.66. The fraction of sp³-hybridized carbons (Fsp3) is 0.909. The van der Waals surface area contributed by atoms with Gasteiger partial charge in [0.15, 0.2) is 0 Å². The average Bonchev–Trinajstić information content (AvgIpc) is 1.92. The van der Waals surface area contributed by atoms with Crippen molar-refractivity contribution >= 4 is 5.91 Å². The standard InChI is InChI=1S/C11H22N2O/c1-8(2)13-6-9(7-13)12-10(14)11(3,4)5/h8-9H,6-7H2,1-5H3,(H,12,14). The normalized spacial score (nSPS) is 19.6. The fourth-order valence-corrected chi connectivity index (χ4v) is 1.43. The molecule has 0 aromatic carbocycles. The maximum Gasteiger partial charge on any atom is 0.225 e. The molecule has 0 bridgehead atoms. The van der Waals surface area contributed by atoms with Gasteiger partial charge in [0.2, 0.25) is 5.91 Å². The van der Waals surface area contributed by atoms with Gasteiger partial charge in [-0.15, -0.1) is 0 Å². The van der Waals surface area contributed by atoms with Gasteiger partial charge in [0.1, 0.15) is 0 Å². The highest BCUT2D eigenvalue weighted by Crippen LogP contribution is 2.16. The Bertz CT molecular complexity index is 212. The molecule has 0 aromatic rings. The van der Waals surface area contributed by atoms with Gasteiger partial charge in [0.05, 0.1) is 6.04 Å². The molecule has 1 N–H and O–H groups in total. The van der Waals surface area contributed by atoms with Crippen LogP contribution in [-0.4, -0.2) is 36.0 Å². The summed E-state index contributed by atoms with van der Waals surface area (Å²) in [5.74, 6) is 0.158. The SMILES string of the molecule is CC(C)N1CC(NC(=O)C(C)(C)C)C1. The zero-order chi connectivity index (χ0) is 10.9. The largest absolute Gasteiger partial charge is 0.350 e. The van der Waals surface area contributed by atoms with Gasteiger partial charge in [-0.05, 0) is 13.8 Å². The quantitative estimate of drug-likeness (QED) is 0.724. The van der Waals surface area contributed by atoms with Crippen LogP contribution in [0.3, 0.4) is 0 Å². The number of rotatable bonds is 2. The molecule has 1 aliphatic rings. The van der Waals surface area contributed by atoms with Crippen molar-refractivity contribution in [2.24, 2.45) is 5.41 Å². The molecule has 1 rings (SSSR count). The van der Waals surface area contributed by atoms with Gasteiger partial charge in [-0.25, -0.2) is 0 Å². The summed E-state index contributed by atoms with van der Waals surface area (Å²) in [6.45, 7) is 12.2. The first-order valence-electron chi connectivity index (χ1n) is 5.35. The van der Waals surface area contributed by atoms with E-state index < -0.39 is 0 Å². The van der Waals surface area contributed by atoms with E-state index in [0.717, 1.165) is 13.1 Å². The first kappa shape index (κ1) is 11.5. The molecule has 0 atom stereocenters. The number of nitrogens with zero attached hydrogens (tertiary/aromatic N) is 1. The Labute approximate surface area is 86.9 Å². The van der Waals surface area contributed by atoms with Crippen molar-refractivity contribution in [1.82, 2.24) is 10.2 Å². The second kappa shape index (κ2) is 3.89. The average molecular weight is 198 g/mol. The predicted molar refractivity (Wildman–Crippen MR) is 58.1 cm³/mol. The Morgan fingerprint density at radius 2 is 1.86 bits per heavy atom. The van der Waals surface area contributed by atoms with Gasteiger partial charge in [-0.1, -0.05) is 20.8 Å². The highest BCUT2D eigenvalue weighted by atomic mass is 16.2. The predicted octanol–water partition coefficient (Wildman–Crippen LogP) is 1.24. The van der Waals surface area contributed by atoms with Crippen LogP contribution in [-0.2, 0) is 4.79 Å². The lowest BCUT2D eigenvalue weighted by Gasteiger charge is -2.43. The Hall–Kier alpha value is -0.570. The van der Waals surface area contributed by atoms with Crippen LogP contribution >= 0.6 is 0 Å². The Balaban J connectivity index is 2.27. The minimum absolute atomic E-state index is 0.158. The van der Waals surface area contributed by atoms with E-state index in [9.17, 15) is 4.79 Å². The van der Waals surface area contributed by atoms with Gasteiger partial charge in [0, 0.05) is 24.5 Å². The van der Waals surface area contributed by atoms with Crippen molar-refractivity contribution in [1.29, 1.82) is 0 Å². The summed E-state index contributed by atoms with van der Waals surface area (Å²) in [6.07, 6.45) is 0. The van der Waals surface area contributed by atoms with Gasteiger partial charge in [0.25, 0.3) is 0 Å². The molecule has 1 amide bonds. The van der Waals surface area contributed by atoms with Crippen LogP contribution < -0.4 is 5.32 Å². The van der Waals surface area contributed by atoms with E-state index in [0.29, 0.717) is 12.1 Å². The van der Waals surface area contributed by atoms with Crippen molar-refractivity contribution in [3.05, 3.63) is 0 Å². The van der Waals surface area contributed by atoms with E-state index in [1.54, 1.807) is 0 Å². The molecule has 0 aliphatic carbocycles. The number of hydrogen-bond acceptors (Lipinski definition) is 2. The summed E-state index contributed by atoms with van der Waals surface area (Å²) in [6, 6.07) is 0.960. The molecule has 0 aromatic heterocycles. The van der Waals surface area contributed by atoms with E-state index in [-0.39, 0.29) is 11.3 Å². The van der Waals surface area contributed by atoms with Crippen LogP contribution in [0.4, 0.5) is 0 Å². The summed E-state index contributed by atoms with van der Waals surface area (Å²) in [7, 11) is 0. The van der Waals surface area contributed by atoms with E-state index in [1.165, 1.54) is 0 Å². The summed E-state index contributed by atoms with van der Waals surface area (Å²) in [4.78, 5) is 14.0. The van der Waals surface area contributed by atoms with Crippen LogP contribution in [0.15, 0.2) is 0 Å².